The van der Waals surface area contributed by atoms with E-state index in [1.54, 1.807) is 43.4 Å². The number of pyridine rings is 1. The molecule has 0 aliphatic heterocycles. The van der Waals surface area contributed by atoms with Gasteiger partial charge in [-0.1, -0.05) is 36.4 Å². The van der Waals surface area contributed by atoms with E-state index in [0.717, 1.165) is 5.56 Å². The van der Waals surface area contributed by atoms with Crippen molar-refractivity contribution < 1.29 is 24.2 Å². The predicted molar refractivity (Wildman–Crippen MR) is 128 cm³/mol. The van der Waals surface area contributed by atoms with E-state index in [1.807, 2.05) is 30.3 Å². The Morgan fingerprint density at radius 2 is 1.86 bits per heavy atom. The largest absolute Gasteiger partial charge is 0.443 e. The second-order valence-corrected chi connectivity index (χ2v) is 8.82. The average molecular weight is 485 g/mol. The summed E-state index contributed by atoms with van der Waals surface area (Å²) in [5.74, 6) is 0.0306. The number of carbonyl (C=O) groups is 2. The molecular weight excluding hydrogens is 452 g/mol. The van der Waals surface area contributed by atoms with Crippen LogP contribution in [-0.2, 0) is 27.5 Å². The number of ether oxygens (including phenoxy) is 2. The lowest BCUT2D eigenvalue weighted by Gasteiger charge is -2.24. The van der Waals surface area contributed by atoms with Gasteiger partial charge in [0, 0.05) is 6.54 Å². The lowest BCUT2D eigenvalue weighted by molar-refractivity contribution is -0.126. The molecule has 11 heteroatoms. The summed E-state index contributed by atoms with van der Waals surface area (Å²) in [4.78, 5) is 24.7. The fraction of sp³-hybridized carbons (Fsp3) is 0.417. The number of hydrogen-bond donors (Lipinski definition) is 4. The zero-order valence-electron chi connectivity index (χ0n) is 20.1. The van der Waals surface area contributed by atoms with E-state index in [1.165, 1.54) is 0 Å². The number of aromatic nitrogens is 3. The molecule has 5 N–H and O–H groups in total. The van der Waals surface area contributed by atoms with E-state index in [2.05, 4.69) is 20.8 Å². The van der Waals surface area contributed by atoms with Crippen molar-refractivity contribution in [1.29, 1.82) is 0 Å². The zero-order valence-corrected chi connectivity index (χ0v) is 20.1. The standard InChI is InChI=1S/C24H32N6O5/c1-16(31)12-26-23(33)35-14-18-10-7-11-20-28-29-21(30(18)20)19(27-22(32)24(2,3)25)15-34-13-17-8-5-4-6-9-17/h4-11,16,19,31H,12-15,25H2,1-3H3,(H,26,33)(H,27,32)/t16-,19-/m1/s1. The predicted octanol–water partition coefficient (Wildman–Crippen LogP) is 1.45. The highest BCUT2D eigenvalue weighted by Crippen LogP contribution is 2.18. The number of rotatable bonds is 11. The number of benzene rings is 1. The summed E-state index contributed by atoms with van der Waals surface area (Å²) in [7, 11) is 0. The summed E-state index contributed by atoms with van der Waals surface area (Å²) in [6.45, 7) is 5.22. The van der Waals surface area contributed by atoms with Crippen molar-refractivity contribution in [2.24, 2.45) is 5.73 Å². The molecule has 2 atom stereocenters. The molecule has 0 saturated heterocycles. The van der Waals surface area contributed by atoms with Crippen LogP contribution < -0.4 is 16.4 Å². The fourth-order valence-corrected chi connectivity index (χ4v) is 3.18. The van der Waals surface area contributed by atoms with Gasteiger partial charge in [-0.2, -0.15) is 0 Å². The first-order valence-corrected chi connectivity index (χ1v) is 11.3. The smallest absolute Gasteiger partial charge is 0.407 e. The van der Waals surface area contributed by atoms with Crippen molar-refractivity contribution in [3.05, 3.63) is 65.6 Å². The van der Waals surface area contributed by atoms with E-state index in [0.29, 0.717) is 23.8 Å². The van der Waals surface area contributed by atoms with Crippen molar-refractivity contribution in [1.82, 2.24) is 25.2 Å². The van der Waals surface area contributed by atoms with Gasteiger partial charge < -0.3 is 30.9 Å². The maximum absolute atomic E-state index is 12.7. The highest BCUT2D eigenvalue weighted by atomic mass is 16.5. The molecule has 0 saturated carbocycles. The minimum Gasteiger partial charge on any atom is -0.443 e. The van der Waals surface area contributed by atoms with Crippen LogP contribution in [0.15, 0.2) is 48.5 Å². The highest BCUT2D eigenvalue weighted by molar-refractivity contribution is 5.85. The summed E-state index contributed by atoms with van der Waals surface area (Å²) < 4.78 is 12.9. The topological polar surface area (TPSA) is 153 Å². The Morgan fingerprint density at radius 1 is 1.11 bits per heavy atom. The van der Waals surface area contributed by atoms with Crippen LogP contribution in [0.5, 0.6) is 0 Å². The number of amides is 2. The first kappa shape index (κ1) is 26.1. The molecule has 0 fully saturated rings. The fourth-order valence-electron chi connectivity index (χ4n) is 3.18. The number of fused-ring (bicyclic) bond motifs is 1. The van der Waals surface area contributed by atoms with Gasteiger partial charge in [-0.25, -0.2) is 4.79 Å². The molecular formula is C24H32N6O5. The molecule has 2 amide bonds. The van der Waals surface area contributed by atoms with E-state index >= 15 is 0 Å². The van der Waals surface area contributed by atoms with Crippen LogP contribution in [0.3, 0.4) is 0 Å². The molecule has 0 bridgehead atoms. The Balaban J connectivity index is 1.83. The summed E-state index contributed by atoms with van der Waals surface area (Å²) in [5, 5.41) is 23.2. The monoisotopic (exact) mass is 484 g/mol. The van der Waals surface area contributed by atoms with Gasteiger partial charge in [-0.15, -0.1) is 10.2 Å². The molecule has 188 valence electrons. The highest BCUT2D eigenvalue weighted by Gasteiger charge is 2.28. The van der Waals surface area contributed by atoms with Gasteiger partial charge >= 0.3 is 6.09 Å². The first-order valence-electron chi connectivity index (χ1n) is 11.3. The number of carbonyl (C=O) groups excluding carboxylic acids is 2. The van der Waals surface area contributed by atoms with Crippen LogP contribution in [0.25, 0.3) is 5.65 Å². The lowest BCUT2D eigenvalue weighted by atomic mass is 10.1. The van der Waals surface area contributed by atoms with Crippen LogP contribution in [0, 0.1) is 0 Å². The molecule has 2 aromatic heterocycles. The second-order valence-electron chi connectivity index (χ2n) is 8.82. The van der Waals surface area contributed by atoms with Gasteiger partial charge in [-0.05, 0) is 38.5 Å². The molecule has 0 aliphatic rings. The molecule has 2 heterocycles. The number of alkyl carbamates (subject to hydrolysis) is 1. The number of nitrogens with one attached hydrogen (secondary N) is 2. The van der Waals surface area contributed by atoms with E-state index in [4.69, 9.17) is 15.2 Å². The lowest BCUT2D eigenvalue weighted by Crippen LogP contribution is -2.51. The third-order valence-electron chi connectivity index (χ3n) is 5.03. The third kappa shape index (κ3) is 7.47. The van der Waals surface area contributed by atoms with Crippen molar-refractivity contribution in [2.75, 3.05) is 13.2 Å². The summed E-state index contributed by atoms with van der Waals surface area (Å²) >= 11 is 0. The Bertz CT molecular complexity index is 1130. The third-order valence-corrected chi connectivity index (χ3v) is 5.03. The Kier molecular flexibility index (Phi) is 8.74. The van der Waals surface area contributed by atoms with E-state index in [9.17, 15) is 14.7 Å². The number of nitrogens with zero attached hydrogens (tertiary/aromatic N) is 3. The second kappa shape index (κ2) is 11.7. The normalized spacial score (nSPS) is 13.3. The number of aliphatic hydroxyl groups excluding tert-OH is 1. The maximum atomic E-state index is 12.7. The molecule has 11 nitrogen and oxygen atoms in total. The Morgan fingerprint density at radius 3 is 2.54 bits per heavy atom. The Labute approximate surface area is 203 Å². The average Bonchev–Trinajstić information content (AvgIpc) is 3.25. The number of hydrogen-bond acceptors (Lipinski definition) is 8. The molecule has 0 unspecified atom stereocenters. The van der Waals surface area contributed by atoms with Crippen molar-refractivity contribution in [2.45, 2.75) is 51.7 Å². The van der Waals surface area contributed by atoms with Crippen molar-refractivity contribution in [3.8, 4) is 0 Å². The quantitative estimate of drug-likeness (QED) is 0.319. The Hall–Kier alpha value is -3.54. The van der Waals surface area contributed by atoms with Crippen LogP contribution in [0.1, 0.15) is 43.9 Å². The van der Waals surface area contributed by atoms with Crippen LogP contribution in [0.4, 0.5) is 4.79 Å². The number of nitrogens with two attached hydrogens (primary N) is 1. The molecule has 0 aliphatic carbocycles. The zero-order chi connectivity index (χ0) is 25.4. The summed E-state index contributed by atoms with van der Waals surface area (Å²) in [5.41, 5.74) is 6.96. The molecule has 35 heavy (non-hydrogen) atoms. The van der Waals surface area contributed by atoms with Gasteiger partial charge in [0.1, 0.15) is 12.6 Å². The van der Waals surface area contributed by atoms with Crippen molar-refractivity contribution in [3.63, 3.8) is 0 Å². The minimum absolute atomic E-state index is 0.0721. The molecule has 3 aromatic rings. The maximum Gasteiger partial charge on any atom is 0.407 e. The van der Waals surface area contributed by atoms with Gasteiger partial charge in [0.15, 0.2) is 11.5 Å². The summed E-state index contributed by atoms with van der Waals surface area (Å²) in [6, 6.07) is 14.3. The van der Waals surface area contributed by atoms with Gasteiger partial charge in [0.2, 0.25) is 5.91 Å². The molecule has 0 radical (unpaired) electrons. The minimum atomic E-state index is -1.12. The molecule has 1 aromatic carbocycles. The van der Waals surface area contributed by atoms with Gasteiger partial charge in [0.25, 0.3) is 0 Å². The van der Waals surface area contributed by atoms with E-state index in [-0.39, 0.29) is 25.7 Å². The van der Waals surface area contributed by atoms with Crippen molar-refractivity contribution >= 4 is 17.6 Å². The molecule has 3 rings (SSSR count). The van der Waals surface area contributed by atoms with Gasteiger partial charge in [0.05, 0.1) is 30.6 Å². The van der Waals surface area contributed by atoms with Crippen LogP contribution in [-0.4, -0.2) is 56.5 Å². The van der Waals surface area contributed by atoms with E-state index < -0.39 is 23.8 Å². The SMILES string of the molecule is C[C@@H](O)CNC(=O)OCc1cccc2nnc([C@@H](COCc3ccccc3)NC(=O)C(C)(C)N)n12. The number of aliphatic hydroxyl groups is 1. The van der Waals surface area contributed by atoms with Gasteiger partial charge in [-0.3, -0.25) is 9.20 Å². The van der Waals surface area contributed by atoms with Crippen LogP contribution >= 0.6 is 0 Å². The summed E-state index contributed by atoms with van der Waals surface area (Å²) in [6.07, 6.45) is -1.36. The van der Waals surface area contributed by atoms with Crippen LogP contribution in [0.2, 0.25) is 0 Å². The molecule has 0 spiro atoms. The first-order chi connectivity index (χ1) is 16.6.